The molecule has 1 aromatic heterocycles. The summed E-state index contributed by atoms with van der Waals surface area (Å²) < 4.78 is 111. The van der Waals surface area contributed by atoms with E-state index in [1.807, 2.05) is 0 Å². The molecule has 2 heterocycles. The van der Waals surface area contributed by atoms with Crippen molar-refractivity contribution >= 4 is 38.2 Å². The van der Waals surface area contributed by atoms with Gasteiger partial charge in [0.1, 0.15) is 17.4 Å². The van der Waals surface area contributed by atoms with E-state index < -0.39 is 62.9 Å². The highest BCUT2D eigenvalue weighted by molar-refractivity contribution is 7.91. The summed E-state index contributed by atoms with van der Waals surface area (Å²) in [5.41, 5.74) is -0.929. The number of benzene rings is 2. The van der Waals surface area contributed by atoms with Crippen LogP contribution < -0.4 is 16.0 Å². The molecule has 0 aliphatic carbocycles. The SMILES string of the molecule is Cc1c([C@@H](NC(=O)Nc2cc(F)cc(NC3CCS(=O)(=O)C3)c2)C(F)(F)F)oc2c(F)cc(F)cc12. The van der Waals surface area contributed by atoms with Gasteiger partial charge in [0, 0.05) is 34.4 Å². The van der Waals surface area contributed by atoms with E-state index >= 15 is 0 Å². The summed E-state index contributed by atoms with van der Waals surface area (Å²) in [7, 11) is -3.22. The zero-order chi connectivity index (χ0) is 26.4. The lowest BCUT2D eigenvalue weighted by atomic mass is 10.1. The molecule has 0 bridgehead atoms. The van der Waals surface area contributed by atoms with Gasteiger partial charge in [0.05, 0.1) is 11.5 Å². The number of halogens is 6. The number of hydrogen-bond donors (Lipinski definition) is 3. The number of urea groups is 1. The number of carbonyl (C=O) groups excluding carboxylic acids is 1. The fourth-order valence-corrected chi connectivity index (χ4v) is 5.69. The summed E-state index contributed by atoms with van der Waals surface area (Å²) in [5.74, 6) is -4.11. The molecule has 4 rings (SSSR count). The van der Waals surface area contributed by atoms with E-state index in [9.17, 15) is 39.6 Å². The monoisotopic (exact) mass is 535 g/mol. The van der Waals surface area contributed by atoms with Crippen molar-refractivity contribution in [3.63, 3.8) is 0 Å². The Bertz CT molecular complexity index is 1440. The van der Waals surface area contributed by atoms with Crippen molar-refractivity contribution in [3.05, 3.63) is 59.1 Å². The molecule has 3 N–H and O–H groups in total. The van der Waals surface area contributed by atoms with Crippen molar-refractivity contribution in [1.29, 1.82) is 0 Å². The number of nitrogens with one attached hydrogen (secondary N) is 3. The topological polar surface area (TPSA) is 100 Å². The molecule has 194 valence electrons. The Balaban J connectivity index is 1.55. The Kier molecular flexibility index (Phi) is 6.58. The van der Waals surface area contributed by atoms with Crippen LogP contribution in [0, 0.1) is 24.4 Å². The molecule has 1 aliphatic rings. The number of rotatable bonds is 5. The summed E-state index contributed by atoms with van der Waals surface area (Å²) >= 11 is 0. The summed E-state index contributed by atoms with van der Waals surface area (Å²) in [6, 6.07) is -0.234. The minimum atomic E-state index is -5.09. The minimum Gasteiger partial charge on any atom is -0.455 e. The molecule has 14 heteroatoms. The summed E-state index contributed by atoms with van der Waals surface area (Å²) in [6.07, 6.45) is -4.80. The smallest absolute Gasteiger partial charge is 0.416 e. The Labute approximate surface area is 200 Å². The molecule has 2 aromatic carbocycles. The maximum Gasteiger partial charge on any atom is 0.416 e. The molecular formula is C22H19F6N3O4S. The third kappa shape index (κ3) is 5.53. The van der Waals surface area contributed by atoms with Crippen LogP contribution in [0.25, 0.3) is 11.0 Å². The van der Waals surface area contributed by atoms with E-state index in [0.29, 0.717) is 6.07 Å². The van der Waals surface area contributed by atoms with Crippen LogP contribution in [0.5, 0.6) is 0 Å². The van der Waals surface area contributed by atoms with Crippen LogP contribution in [-0.2, 0) is 9.84 Å². The van der Waals surface area contributed by atoms with Gasteiger partial charge in [-0.1, -0.05) is 0 Å². The van der Waals surface area contributed by atoms with Gasteiger partial charge in [-0.05, 0) is 37.6 Å². The first-order chi connectivity index (χ1) is 16.7. The van der Waals surface area contributed by atoms with Crippen molar-refractivity contribution < 1.29 is 44.0 Å². The van der Waals surface area contributed by atoms with Gasteiger partial charge in [0.15, 0.2) is 27.3 Å². The molecule has 1 fully saturated rings. The fourth-order valence-electron chi connectivity index (χ4n) is 4.02. The minimum absolute atomic E-state index is 0.0376. The highest BCUT2D eigenvalue weighted by atomic mass is 32.2. The second-order valence-corrected chi connectivity index (χ2v) is 10.6. The number of sulfone groups is 1. The lowest BCUT2D eigenvalue weighted by Crippen LogP contribution is -2.40. The van der Waals surface area contributed by atoms with Gasteiger partial charge in [-0.25, -0.2) is 26.4 Å². The Morgan fingerprint density at radius 1 is 1.06 bits per heavy atom. The number of aryl methyl sites for hydroxylation is 1. The average molecular weight is 535 g/mol. The number of fused-ring (bicyclic) bond motifs is 1. The van der Waals surface area contributed by atoms with Gasteiger partial charge in [-0.3, -0.25) is 0 Å². The standard InChI is InChI=1S/C22H19F6N3O4S/c1-10-16-6-12(24)7-17(25)19(16)35-18(10)20(22(26,27)28)31-21(32)30-15-5-11(23)4-14(8-15)29-13-2-3-36(33,34)9-13/h4-8,13,20,29H,2-3,9H2,1H3,(H2,30,31,32)/t13?,20-/m1/s1. The first-order valence-electron chi connectivity index (χ1n) is 10.5. The van der Waals surface area contributed by atoms with E-state index in [0.717, 1.165) is 25.1 Å². The molecule has 0 radical (unpaired) electrons. The van der Waals surface area contributed by atoms with Gasteiger partial charge in [-0.15, -0.1) is 0 Å². The van der Waals surface area contributed by atoms with Crippen molar-refractivity contribution in [2.45, 2.75) is 31.6 Å². The van der Waals surface area contributed by atoms with Crippen LogP contribution in [0.2, 0.25) is 0 Å². The molecule has 36 heavy (non-hydrogen) atoms. The third-order valence-electron chi connectivity index (χ3n) is 5.62. The first kappa shape index (κ1) is 25.7. The summed E-state index contributed by atoms with van der Waals surface area (Å²) in [5, 5.41) is 6.35. The quantitative estimate of drug-likeness (QED) is 0.391. The molecule has 0 spiro atoms. The lowest BCUT2D eigenvalue weighted by molar-refractivity contribution is -0.158. The van der Waals surface area contributed by atoms with Crippen molar-refractivity contribution in [2.75, 3.05) is 22.1 Å². The van der Waals surface area contributed by atoms with Crippen LogP contribution in [0.1, 0.15) is 23.8 Å². The third-order valence-corrected chi connectivity index (χ3v) is 7.39. The fraction of sp³-hybridized carbons (Fsp3) is 0.318. The zero-order valence-corrected chi connectivity index (χ0v) is 19.3. The van der Waals surface area contributed by atoms with E-state index in [4.69, 9.17) is 4.42 Å². The van der Waals surface area contributed by atoms with E-state index in [-0.39, 0.29) is 40.3 Å². The molecule has 2 amide bonds. The van der Waals surface area contributed by atoms with Crippen LogP contribution in [0.4, 0.5) is 42.5 Å². The van der Waals surface area contributed by atoms with E-state index in [1.54, 1.807) is 5.32 Å². The van der Waals surface area contributed by atoms with Gasteiger partial charge in [0.2, 0.25) is 0 Å². The van der Waals surface area contributed by atoms with Crippen molar-refractivity contribution in [1.82, 2.24) is 5.32 Å². The largest absolute Gasteiger partial charge is 0.455 e. The van der Waals surface area contributed by atoms with Gasteiger partial charge in [0.25, 0.3) is 0 Å². The number of amides is 2. The maximum absolute atomic E-state index is 14.1. The molecule has 1 saturated heterocycles. The molecule has 7 nitrogen and oxygen atoms in total. The highest BCUT2D eigenvalue weighted by Crippen LogP contribution is 2.39. The Morgan fingerprint density at radius 3 is 2.36 bits per heavy atom. The predicted octanol–water partition coefficient (Wildman–Crippen LogP) is 5.18. The number of hydrogen-bond acceptors (Lipinski definition) is 5. The summed E-state index contributed by atoms with van der Waals surface area (Å²) in [4.78, 5) is 12.4. The first-order valence-corrected chi connectivity index (χ1v) is 12.3. The second kappa shape index (κ2) is 9.22. The molecular weight excluding hydrogens is 516 g/mol. The number of furan rings is 1. The number of carbonyl (C=O) groups is 1. The van der Waals surface area contributed by atoms with Crippen LogP contribution in [-0.4, -0.2) is 38.2 Å². The van der Waals surface area contributed by atoms with E-state index in [2.05, 4.69) is 10.6 Å². The van der Waals surface area contributed by atoms with Crippen molar-refractivity contribution in [3.8, 4) is 0 Å². The average Bonchev–Trinajstić information content (AvgIpc) is 3.24. The molecule has 3 aromatic rings. The molecule has 1 aliphatic heterocycles. The molecule has 2 atom stereocenters. The van der Waals surface area contributed by atoms with Gasteiger partial charge < -0.3 is 20.4 Å². The molecule has 0 saturated carbocycles. The number of anilines is 2. The predicted molar refractivity (Wildman–Crippen MR) is 119 cm³/mol. The van der Waals surface area contributed by atoms with Gasteiger partial charge in [-0.2, -0.15) is 13.2 Å². The Morgan fingerprint density at radius 2 is 1.72 bits per heavy atom. The van der Waals surface area contributed by atoms with Crippen molar-refractivity contribution in [2.24, 2.45) is 0 Å². The van der Waals surface area contributed by atoms with E-state index in [1.165, 1.54) is 6.07 Å². The second-order valence-electron chi connectivity index (χ2n) is 8.40. The highest BCUT2D eigenvalue weighted by Gasteiger charge is 2.45. The zero-order valence-electron chi connectivity index (χ0n) is 18.5. The van der Waals surface area contributed by atoms with Crippen LogP contribution in [0.3, 0.4) is 0 Å². The normalized spacial score (nSPS) is 18.2. The van der Waals surface area contributed by atoms with Gasteiger partial charge >= 0.3 is 12.2 Å². The molecule has 1 unspecified atom stereocenters. The van der Waals surface area contributed by atoms with Crippen LogP contribution >= 0.6 is 0 Å². The summed E-state index contributed by atoms with van der Waals surface area (Å²) in [6.45, 7) is 1.16. The van der Waals surface area contributed by atoms with Crippen LogP contribution in [0.15, 0.2) is 34.7 Å². The maximum atomic E-state index is 14.1. The number of alkyl halides is 3. The Hall–Kier alpha value is -3.42. The lowest BCUT2D eigenvalue weighted by Gasteiger charge is -2.21.